The minimum atomic E-state index is 0.0666. The lowest BCUT2D eigenvalue weighted by Crippen LogP contribution is -2.14. The summed E-state index contributed by atoms with van der Waals surface area (Å²) in [6, 6.07) is 0. The van der Waals surface area contributed by atoms with Gasteiger partial charge in [-0.1, -0.05) is 26.8 Å². The molecule has 0 unspecified atom stereocenters. The second-order valence-electron chi connectivity index (χ2n) is 2.52. The summed E-state index contributed by atoms with van der Waals surface area (Å²) in [7, 11) is 0. The summed E-state index contributed by atoms with van der Waals surface area (Å²) < 4.78 is 0. The fraction of sp³-hybridized carbons (Fsp3) is 0.625. The molecule has 0 aliphatic carbocycles. The lowest BCUT2D eigenvalue weighted by atomic mass is 10.2. The van der Waals surface area contributed by atoms with E-state index in [-0.39, 0.29) is 5.91 Å². The summed E-state index contributed by atoms with van der Waals surface area (Å²) in [5.74, 6) is 0.564. The van der Waals surface area contributed by atoms with E-state index in [1.54, 1.807) is 6.20 Å². The van der Waals surface area contributed by atoms with Gasteiger partial charge in [0.25, 0.3) is 0 Å². The Hall–Kier alpha value is -0.790. The van der Waals surface area contributed by atoms with E-state index in [1.807, 2.05) is 13.0 Å². The lowest BCUT2D eigenvalue weighted by Gasteiger charge is -1.95. The van der Waals surface area contributed by atoms with Gasteiger partial charge >= 0.3 is 0 Å². The lowest BCUT2D eigenvalue weighted by molar-refractivity contribution is -0.119. The van der Waals surface area contributed by atoms with Gasteiger partial charge in [-0.15, -0.1) is 0 Å². The Labute approximate surface area is 62.3 Å². The highest BCUT2D eigenvalue weighted by Gasteiger charge is 1.89. The number of carbonyl (C=O) groups is 1. The predicted molar refractivity (Wildman–Crippen MR) is 42.4 cm³/mol. The molecule has 1 amide bonds. The van der Waals surface area contributed by atoms with Crippen LogP contribution < -0.4 is 5.32 Å². The number of hydrogen-bond acceptors (Lipinski definition) is 1. The maximum absolute atomic E-state index is 10.6. The van der Waals surface area contributed by atoms with Crippen LogP contribution in [0.3, 0.4) is 0 Å². The van der Waals surface area contributed by atoms with E-state index in [4.69, 9.17) is 0 Å². The topological polar surface area (TPSA) is 29.1 Å². The van der Waals surface area contributed by atoms with Crippen LogP contribution in [0, 0.1) is 5.92 Å². The number of allylic oxidation sites excluding steroid dienone is 1. The molecule has 0 saturated heterocycles. The van der Waals surface area contributed by atoms with Crippen molar-refractivity contribution in [2.75, 3.05) is 0 Å². The van der Waals surface area contributed by atoms with Crippen LogP contribution in [0.1, 0.15) is 27.2 Å². The highest BCUT2D eigenvalue weighted by atomic mass is 16.1. The molecule has 1 N–H and O–H groups in total. The van der Waals surface area contributed by atoms with Gasteiger partial charge in [0.05, 0.1) is 0 Å². The molecular weight excluding hydrogens is 126 g/mol. The van der Waals surface area contributed by atoms with Crippen LogP contribution in [0.5, 0.6) is 0 Å². The third kappa shape index (κ3) is 5.35. The maximum Gasteiger partial charge on any atom is 0.223 e. The molecular formula is C8H15NO. The highest BCUT2D eigenvalue weighted by molar-refractivity contribution is 5.76. The van der Waals surface area contributed by atoms with Crippen molar-refractivity contribution in [3.05, 3.63) is 12.3 Å². The highest BCUT2D eigenvalue weighted by Crippen LogP contribution is 1.90. The van der Waals surface area contributed by atoms with Crippen molar-refractivity contribution in [1.82, 2.24) is 5.32 Å². The molecule has 2 nitrogen and oxygen atoms in total. The first-order chi connectivity index (χ1) is 4.66. The zero-order chi connectivity index (χ0) is 7.98. The van der Waals surface area contributed by atoms with E-state index in [2.05, 4.69) is 19.2 Å². The van der Waals surface area contributed by atoms with E-state index in [0.29, 0.717) is 12.3 Å². The first kappa shape index (κ1) is 9.21. The smallest absolute Gasteiger partial charge is 0.223 e. The third-order valence-electron chi connectivity index (χ3n) is 1.05. The molecule has 2 heteroatoms. The Balaban J connectivity index is 3.43. The Morgan fingerprint density at radius 3 is 2.60 bits per heavy atom. The Bertz CT molecular complexity index is 127. The number of rotatable bonds is 3. The third-order valence-corrected chi connectivity index (χ3v) is 1.05. The zero-order valence-corrected chi connectivity index (χ0v) is 6.85. The van der Waals surface area contributed by atoms with Gasteiger partial charge in [0.2, 0.25) is 5.91 Å². The summed E-state index contributed by atoms with van der Waals surface area (Å²) in [4.78, 5) is 10.6. The molecule has 0 saturated carbocycles. The van der Waals surface area contributed by atoms with Crippen molar-refractivity contribution in [1.29, 1.82) is 0 Å². The molecule has 0 atom stereocenters. The van der Waals surface area contributed by atoms with Crippen LogP contribution >= 0.6 is 0 Å². The van der Waals surface area contributed by atoms with Crippen LogP contribution in [0.4, 0.5) is 0 Å². The van der Waals surface area contributed by atoms with Crippen LogP contribution in [0.25, 0.3) is 0 Å². The molecule has 10 heavy (non-hydrogen) atoms. The molecule has 0 rings (SSSR count). The molecule has 0 radical (unpaired) electrons. The molecule has 58 valence electrons. The summed E-state index contributed by atoms with van der Waals surface area (Å²) in [6.45, 7) is 5.96. The number of nitrogens with one attached hydrogen (secondary N) is 1. The molecule has 0 aliphatic rings. The molecule has 0 spiro atoms. The maximum atomic E-state index is 10.6. The van der Waals surface area contributed by atoms with E-state index in [1.165, 1.54) is 0 Å². The second kappa shape index (κ2) is 5.03. The second-order valence-corrected chi connectivity index (χ2v) is 2.52. The first-order valence-corrected chi connectivity index (χ1v) is 3.62. The molecule has 0 bridgehead atoms. The average molecular weight is 141 g/mol. The van der Waals surface area contributed by atoms with Gasteiger partial charge in [-0.2, -0.15) is 0 Å². The predicted octanol–water partition coefficient (Wildman–Crippen LogP) is 1.68. The van der Waals surface area contributed by atoms with E-state index in [9.17, 15) is 4.79 Å². The van der Waals surface area contributed by atoms with E-state index < -0.39 is 0 Å². The number of amides is 1. The Morgan fingerprint density at radius 1 is 1.60 bits per heavy atom. The molecule has 0 aromatic rings. The normalized spacial score (nSPS) is 10.8. The van der Waals surface area contributed by atoms with Gasteiger partial charge in [-0.05, 0) is 12.1 Å². The Kier molecular flexibility index (Phi) is 4.63. The van der Waals surface area contributed by atoms with Crippen molar-refractivity contribution in [2.24, 2.45) is 5.92 Å². The van der Waals surface area contributed by atoms with Gasteiger partial charge in [-0.25, -0.2) is 0 Å². The van der Waals surface area contributed by atoms with Crippen molar-refractivity contribution >= 4 is 5.91 Å². The standard InChI is InChI=1S/C8H15NO/c1-4-8(10)9-6-5-7(2)3/h5-7H,4H2,1-3H3,(H,9,10)/b6-5-. The van der Waals surface area contributed by atoms with Crippen molar-refractivity contribution in [3.8, 4) is 0 Å². The molecule has 0 aromatic heterocycles. The SMILES string of the molecule is CCC(=O)N/C=C\C(C)C. The Morgan fingerprint density at radius 2 is 2.20 bits per heavy atom. The average Bonchev–Trinajstić information content (AvgIpc) is 1.87. The van der Waals surface area contributed by atoms with Crippen LogP contribution in [-0.2, 0) is 4.79 Å². The van der Waals surface area contributed by atoms with Gasteiger partial charge in [0.1, 0.15) is 0 Å². The van der Waals surface area contributed by atoms with Crippen molar-refractivity contribution in [2.45, 2.75) is 27.2 Å². The van der Waals surface area contributed by atoms with Gasteiger partial charge in [0, 0.05) is 6.42 Å². The van der Waals surface area contributed by atoms with Crippen molar-refractivity contribution in [3.63, 3.8) is 0 Å². The first-order valence-electron chi connectivity index (χ1n) is 3.62. The van der Waals surface area contributed by atoms with Crippen LogP contribution in [0.15, 0.2) is 12.3 Å². The van der Waals surface area contributed by atoms with E-state index >= 15 is 0 Å². The van der Waals surface area contributed by atoms with Gasteiger partial charge < -0.3 is 5.32 Å². The fourth-order valence-electron chi connectivity index (χ4n) is 0.436. The molecule has 0 heterocycles. The summed E-state index contributed by atoms with van der Waals surface area (Å²) in [5.41, 5.74) is 0. The number of hydrogen-bond donors (Lipinski definition) is 1. The summed E-state index contributed by atoms with van der Waals surface area (Å²) >= 11 is 0. The van der Waals surface area contributed by atoms with Crippen LogP contribution in [-0.4, -0.2) is 5.91 Å². The fourth-order valence-corrected chi connectivity index (χ4v) is 0.436. The number of carbonyl (C=O) groups excluding carboxylic acids is 1. The van der Waals surface area contributed by atoms with E-state index in [0.717, 1.165) is 0 Å². The van der Waals surface area contributed by atoms with Crippen molar-refractivity contribution < 1.29 is 4.79 Å². The van der Waals surface area contributed by atoms with Gasteiger partial charge in [-0.3, -0.25) is 4.79 Å². The molecule has 0 aromatic carbocycles. The molecule has 0 aliphatic heterocycles. The summed E-state index contributed by atoms with van der Waals surface area (Å²) in [6.07, 6.45) is 4.20. The minimum absolute atomic E-state index is 0.0666. The summed E-state index contributed by atoms with van der Waals surface area (Å²) in [5, 5.41) is 2.64. The largest absolute Gasteiger partial charge is 0.333 e. The van der Waals surface area contributed by atoms with Crippen LogP contribution in [0.2, 0.25) is 0 Å². The quantitative estimate of drug-likeness (QED) is 0.636. The molecule has 0 fully saturated rings. The minimum Gasteiger partial charge on any atom is -0.333 e. The monoisotopic (exact) mass is 141 g/mol. The zero-order valence-electron chi connectivity index (χ0n) is 6.85. The van der Waals surface area contributed by atoms with Gasteiger partial charge in [0.15, 0.2) is 0 Å².